The van der Waals surface area contributed by atoms with E-state index in [1.54, 1.807) is 12.1 Å². The van der Waals surface area contributed by atoms with Crippen molar-refractivity contribution in [3.05, 3.63) is 47.2 Å². The van der Waals surface area contributed by atoms with Gasteiger partial charge in [-0.2, -0.15) is 13.2 Å². The lowest BCUT2D eigenvalue weighted by Gasteiger charge is -2.14. The Balaban J connectivity index is 1.75. The zero-order valence-corrected chi connectivity index (χ0v) is 15.8. The fourth-order valence-corrected chi connectivity index (χ4v) is 2.70. The van der Waals surface area contributed by atoms with Gasteiger partial charge in [0.15, 0.2) is 0 Å². The number of halogens is 3. The van der Waals surface area contributed by atoms with Crippen molar-refractivity contribution in [2.24, 2.45) is 0 Å². The third-order valence-electron chi connectivity index (χ3n) is 4.12. The third kappa shape index (κ3) is 6.14. The van der Waals surface area contributed by atoms with Gasteiger partial charge in [0, 0.05) is 12.6 Å². The van der Waals surface area contributed by atoms with E-state index in [4.69, 9.17) is 4.74 Å². The van der Waals surface area contributed by atoms with Crippen molar-refractivity contribution in [1.29, 1.82) is 0 Å². The number of ether oxygens (including phenoxy) is 1. The molecule has 0 radical (unpaired) electrons. The first-order valence-corrected chi connectivity index (χ1v) is 8.99. The Hall–Kier alpha value is -2.77. The zero-order chi connectivity index (χ0) is 20.7. The maximum absolute atomic E-state index is 12.5. The highest BCUT2D eigenvalue weighted by Gasteiger charge is 2.30. The molecule has 0 bridgehead atoms. The quantitative estimate of drug-likeness (QED) is 0.625. The second-order valence-electron chi connectivity index (χ2n) is 6.39. The lowest BCUT2D eigenvalue weighted by atomic mass is 10.1. The fourth-order valence-electron chi connectivity index (χ4n) is 2.70. The van der Waals surface area contributed by atoms with Gasteiger partial charge in [-0.05, 0) is 61.6 Å². The number of aromatic nitrogens is 1. The van der Waals surface area contributed by atoms with Crippen LogP contribution in [0.4, 0.5) is 19.0 Å². The van der Waals surface area contributed by atoms with Crippen molar-refractivity contribution in [2.45, 2.75) is 45.7 Å². The number of benzene rings is 1. The Morgan fingerprint density at radius 2 is 2.00 bits per heavy atom. The molecule has 1 aromatic carbocycles. The average molecular weight is 396 g/mol. The molecular formula is C20H23F3N2O3. The molecule has 28 heavy (non-hydrogen) atoms. The molecule has 152 valence electrons. The summed E-state index contributed by atoms with van der Waals surface area (Å²) in [5.41, 5.74) is 0.908. The predicted octanol–water partition coefficient (Wildman–Crippen LogP) is 4.86. The van der Waals surface area contributed by atoms with Crippen molar-refractivity contribution in [2.75, 3.05) is 11.9 Å². The largest absolute Gasteiger partial charge is 0.508 e. The maximum atomic E-state index is 12.5. The number of hydrogen-bond acceptors (Lipinski definition) is 4. The van der Waals surface area contributed by atoms with Crippen molar-refractivity contribution >= 4 is 11.7 Å². The Kier molecular flexibility index (Phi) is 7.25. The van der Waals surface area contributed by atoms with Crippen LogP contribution in [0.2, 0.25) is 0 Å². The molecule has 0 spiro atoms. The van der Waals surface area contributed by atoms with Crippen molar-refractivity contribution in [3.63, 3.8) is 0 Å². The molecule has 2 N–H and O–H groups in total. The second-order valence-corrected chi connectivity index (χ2v) is 6.39. The number of alkyl halides is 3. The predicted molar refractivity (Wildman–Crippen MR) is 99.4 cm³/mol. The number of amides is 1. The molecule has 2 rings (SSSR count). The van der Waals surface area contributed by atoms with Crippen LogP contribution in [0.15, 0.2) is 30.5 Å². The summed E-state index contributed by atoms with van der Waals surface area (Å²) in [5, 5.41) is 12.1. The molecule has 0 saturated carbocycles. The molecule has 0 aliphatic carbocycles. The molecule has 0 unspecified atom stereocenters. The number of anilines is 1. The normalized spacial score (nSPS) is 11.3. The molecule has 5 nitrogen and oxygen atoms in total. The monoisotopic (exact) mass is 396 g/mol. The van der Waals surface area contributed by atoms with Gasteiger partial charge in [-0.3, -0.25) is 4.79 Å². The highest BCUT2D eigenvalue weighted by molar-refractivity contribution is 5.89. The highest BCUT2D eigenvalue weighted by atomic mass is 19.4. The lowest BCUT2D eigenvalue weighted by molar-refractivity contribution is -0.137. The number of nitrogens with zero attached hydrogens (tertiary/aromatic N) is 1. The van der Waals surface area contributed by atoms with E-state index in [1.165, 1.54) is 0 Å². The summed E-state index contributed by atoms with van der Waals surface area (Å²) >= 11 is 0. The summed E-state index contributed by atoms with van der Waals surface area (Å²) in [4.78, 5) is 15.5. The van der Waals surface area contributed by atoms with Gasteiger partial charge in [0.05, 0.1) is 12.2 Å². The van der Waals surface area contributed by atoms with Crippen molar-refractivity contribution < 1.29 is 27.8 Å². The standard InChI is InChI=1S/C20H23F3N2O3/c1-3-14-11-16(26)10-13(2)19(14)28-9-5-4-6-18(27)25-17-8-7-15(12-24-17)20(21,22)23/h7-8,10-12,26H,3-6,9H2,1-2H3,(H,24,25,27). The van der Waals surface area contributed by atoms with Crippen LogP contribution in [-0.4, -0.2) is 22.6 Å². The van der Waals surface area contributed by atoms with Crippen LogP contribution < -0.4 is 10.1 Å². The topological polar surface area (TPSA) is 71.5 Å². The SMILES string of the molecule is CCc1cc(O)cc(C)c1OCCCCC(=O)Nc1ccc(C(F)(F)F)cn1. The van der Waals surface area contributed by atoms with Crippen LogP contribution in [-0.2, 0) is 17.4 Å². The van der Waals surface area contributed by atoms with Gasteiger partial charge < -0.3 is 15.2 Å². The molecule has 0 aliphatic rings. The van der Waals surface area contributed by atoms with E-state index < -0.39 is 11.7 Å². The van der Waals surface area contributed by atoms with E-state index in [-0.39, 0.29) is 23.9 Å². The molecule has 2 aromatic rings. The van der Waals surface area contributed by atoms with Gasteiger partial charge in [-0.1, -0.05) is 6.92 Å². The minimum atomic E-state index is -4.46. The van der Waals surface area contributed by atoms with E-state index in [2.05, 4.69) is 10.3 Å². The van der Waals surface area contributed by atoms with Crippen LogP contribution in [0.25, 0.3) is 0 Å². The number of carbonyl (C=O) groups is 1. The minimum absolute atomic E-state index is 0.0848. The fraction of sp³-hybridized carbons (Fsp3) is 0.400. The molecule has 1 amide bonds. The number of phenols is 1. The molecule has 0 aliphatic heterocycles. The summed E-state index contributed by atoms with van der Waals surface area (Å²) < 4.78 is 43.3. The van der Waals surface area contributed by atoms with Gasteiger partial charge in [0.25, 0.3) is 0 Å². The third-order valence-corrected chi connectivity index (χ3v) is 4.12. The summed E-state index contributed by atoms with van der Waals surface area (Å²) in [6, 6.07) is 5.32. The van der Waals surface area contributed by atoms with Gasteiger partial charge >= 0.3 is 6.18 Å². The molecule has 1 heterocycles. The minimum Gasteiger partial charge on any atom is -0.508 e. The van der Waals surface area contributed by atoms with E-state index in [1.807, 2.05) is 13.8 Å². The highest BCUT2D eigenvalue weighted by Crippen LogP contribution is 2.30. The summed E-state index contributed by atoms with van der Waals surface area (Å²) in [5.74, 6) is 0.720. The Bertz CT molecular complexity index is 806. The first-order valence-electron chi connectivity index (χ1n) is 8.99. The number of aromatic hydroxyl groups is 1. The molecule has 8 heteroatoms. The van der Waals surface area contributed by atoms with Crippen LogP contribution in [0, 0.1) is 6.92 Å². The van der Waals surface area contributed by atoms with Crippen LogP contribution >= 0.6 is 0 Å². The van der Waals surface area contributed by atoms with Gasteiger partial charge in [-0.15, -0.1) is 0 Å². The van der Waals surface area contributed by atoms with Crippen LogP contribution in [0.5, 0.6) is 11.5 Å². The number of phenolic OH excluding ortho intramolecular Hbond substituents is 1. The van der Waals surface area contributed by atoms with Crippen molar-refractivity contribution in [1.82, 2.24) is 4.98 Å². The maximum Gasteiger partial charge on any atom is 0.417 e. The molecule has 0 saturated heterocycles. The Labute approximate surface area is 161 Å². The zero-order valence-electron chi connectivity index (χ0n) is 15.8. The number of unbranched alkanes of at least 4 members (excludes halogenated alkanes) is 1. The van der Waals surface area contributed by atoms with Crippen molar-refractivity contribution in [3.8, 4) is 11.5 Å². The number of rotatable bonds is 8. The smallest absolute Gasteiger partial charge is 0.417 e. The molecular weight excluding hydrogens is 373 g/mol. The number of hydrogen-bond donors (Lipinski definition) is 2. The summed E-state index contributed by atoms with van der Waals surface area (Å²) in [7, 11) is 0. The number of carbonyl (C=O) groups excluding carboxylic acids is 1. The Morgan fingerprint density at radius 3 is 2.61 bits per heavy atom. The van der Waals surface area contributed by atoms with E-state index in [9.17, 15) is 23.1 Å². The van der Waals surface area contributed by atoms with Gasteiger partial charge in [-0.25, -0.2) is 4.98 Å². The van der Waals surface area contributed by atoms with Crippen LogP contribution in [0.1, 0.15) is 42.9 Å². The molecule has 0 fully saturated rings. The van der Waals surface area contributed by atoms with Gasteiger partial charge in [0.1, 0.15) is 17.3 Å². The first-order chi connectivity index (χ1) is 13.2. The molecule has 1 aromatic heterocycles. The summed E-state index contributed by atoms with van der Waals surface area (Å²) in [6.45, 7) is 4.25. The van der Waals surface area contributed by atoms with E-state index in [0.717, 1.165) is 35.4 Å². The van der Waals surface area contributed by atoms with E-state index in [0.29, 0.717) is 25.6 Å². The number of nitrogens with one attached hydrogen (secondary N) is 1. The summed E-state index contributed by atoms with van der Waals surface area (Å²) in [6.07, 6.45) is -1.63. The first kappa shape index (κ1) is 21.5. The Morgan fingerprint density at radius 1 is 1.25 bits per heavy atom. The average Bonchev–Trinajstić information content (AvgIpc) is 2.62. The second kappa shape index (κ2) is 9.43. The lowest BCUT2D eigenvalue weighted by Crippen LogP contribution is -2.13. The van der Waals surface area contributed by atoms with Crippen LogP contribution in [0.3, 0.4) is 0 Å². The van der Waals surface area contributed by atoms with Gasteiger partial charge in [0.2, 0.25) is 5.91 Å². The van der Waals surface area contributed by atoms with E-state index >= 15 is 0 Å². The number of aryl methyl sites for hydroxylation is 2. The number of pyridine rings is 1. The molecule has 0 atom stereocenters.